The maximum atomic E-state index is 12.8. The Labute approximate surface area is 169 Å². The van der Waals surface area contributed by atoms with Crippen molar-refractivity contribution in [1.82, 2.24) is 15.0 Å². The summed E-state index contributed by atoms with van der Waals surface area (Å²) in [4.78, 5) is 26.0. The molecule has 1 fully saturated rings. The largest absolute Gasteiger partial charge is 0.347 e. The number of rotatable bonds is 4. The van der Waals surface area contributed by atoms with Gasteiger partial charge in [0.2, 0.25) is 0 Å². The Balaban J connectivity index is 1.63. The molecule has 1 aliphatic heterocycles. The molecule has 0 spiro atoms. The van der Waals surface area contributed by atoms with Crippen LogP contribution in [-0.2, 0) is 11.3 Å². The predicted molar refractivity (Wildman–Crippen MR) is 114 cm³/mol. The summed E-state index contributed by atoms with van der Waals surface area (Å²) in [6, 6.07) is 11.6. The molecule has 8 heteroatoms. The molecule has 0 unspecified atom stereocenters. The first kappa shape index (κ1) is 18.0. The zero-order valence-electron chi connectivity index (χ0n) is 14.3. The third-order valence-corrected chi connectivity index (χ3v) is 6.37. The zero-order chi connectivity index (χ0) is 19.0. The molecule has 0 radical (unpaired) electrons. The van der Waals surface area contributed by atoms with E-state index in [9.17, 15) is 9.59 Å². The van der Waals surface area contributed by atoms with Crippen LogP contribution < -0.4 is 5.43 Å². The number of benzene rings is 1. The first-order chi connectivity index (χ1) is 13.1. The lowest BCUT2D eigenvalue weighted by atomic mass is 10.1. The summed E-state index contributed by atoms with van der Waals surface area (Å²) in [5.41, 5.74) is 4.67. The quantitative estimate of drug-likeness (QED) is 0.513. The molecule has 0 saturated carbocycles. The second-order valence-corrected chi connectivity index (χ2v) is 8.45. The van der Waals surface area contributed by atoms with Crippen molar-refractivity contribution in [2.45, 2.75) is 13.5 Å². The van der Waals surface area contributed by atoms with Gasteiger partial charge < -0.3 is 4.57 Å². The average molecular weight is 414 g/mol. The number of carbonyl (C=O) groups excluding carboxylic acids is 2. The van der Waals surface area contributed by atoms with Crippen LogP contribution in [0.4, 0.5) is 0 Å². The fraction of sp³-hybridized carbons (Fsp3) is 0.105. The molecule has 2 aromatic heterocycles. The first-order valence-corrected chi connectivity index (χ1v) is 10.4. The third-order valence-electron chi connectivity index (χ3n) is 4.20. The highest BCUT2D eigenvalue weighted by Gasteiger charge is 2.34. The number of fused-ring (bicyclic) bond motifs is 1. The molecular formula is C19H15N3O2S3. The van der Waals surface area contributed by atoms with Gasteiger partial charge in [-0.2, -0.15) is 5.01 Å². The number of aryl methyl sites for hydroxylation is 1. The average Bonchev–Trinajstić information content (AvgIpc) is 3.38. The number of hydrogen-bond acceptors (Lipinski definition) is 5. The third kappa shape index (κ3) is 3.31. The van der Waals surface area contributed by atoms with Crippen molar-refractivity contribution < 1.29 is 9.59 Å². The Morgan fingerprint density at radius 2 is 2.07 bits per heavy atom. The summed E-state index contributed by atoms with van der Waals surface area (Å²) < 4.78 is 2.45. The molecule has 4 rings (SSSR count). The van der Waals surface area contributed by atoms with Crippen LogP contribution in [0, 0.1) is 0 Å². The van der Waals surface area contributed by atoms with Crippen LogP contribution >= 0.6 is 35.3 Å². The van der Waals surface area contributed by atoms with Crippen molar-refractivity contribution in [1.29, 1.82) is 0 Å². The second-order valence-electron chi connectivity index (χ2n) is 5.82. The van der Waals surface area contributed by atoms with Crippen molar-refractivity contribution in [3.8, 4) is 0 Å². The van der Waals surface area contributed by atoms with Crippen molar-refractivity contribution in [2.75, 3.05) is 0 Å². The summed E-state index contributed by atoms with van der Waals surface area (Å²) in [6.07, 6.45) is 3.87. The minimum absolute atomic E-state index is 0.315. The predicted octanol–water partition coefficient (Wildman–Crippen LogP) is 4.27. The molecule has 27 heavy (non-hydrogen) atoms. The minimum Gasteiger partial charge on any atom is -0.347 e. The molecule has 0 atom stereocenters. The van der Waals surface area contributed by atoms with Crippen LogP contribution in [0.5, 0.6) is 0 Å². The van der Waals surface area contributed by atoms with E-state index in [0.717, 1.165) is 28.0 Å². The molecular weight excluding hydrogens is 398 g/mol. The lowest BCUT2D eigenvalue weighted by molar-refractivity contribution is -0.123. The molecule has 3 heterocycles. The normalized spacial score (nSPS) is 15.9. The number of nitrogens with one attached hydrogen (secondary N) is 1. The molecule has 3 aromatic rings. The van der Waals surface area contributed by atoms with E-state index in [1.807, 2.05) is 35.9 Å². The van der Waals surface area contributed by atoms with Crippen LogP contribution in [0.1, 0.15) is 22.2 Å². The van der Waals surface area contributed by atoms with Crippen LogP contribution in [0.25, 0.3) is 17.0 Å². The summed E-state index contributed by atoms with van der Waals surface area (Å²) in [7, 11) is 0. The van der Waals surface area contributed by atoms with E-state index in [4.69, 9.17) is 12.2 Å². The minimum atomic E-state index is -0.342. The van der Waals surface area contributed by atoms with Gasteiger partial charge in [0, 0.05) is 29.2 Å². The molecule has 1 aromatic carbocycles. The molecule has 1 aliphatic rings. The van der Waals surface area contributed by atoms with Crippen LogP contribution in [0.15, 0.2) is 52.9 Å². The van der Waals surface area contributed by atoms with Crippen molar-refractivity contribution in [3.05, 3.63) is 63.3 Å². The number of para-hydroxylation sites is 1. The van der Waals surface area contributed by atoms with Gasteiger partial charge in [-0.1, -0.05) is 36.0 Å². The Hall–Kier alpha value is -2.42. The Morgan fingerprint density at radius 1 is 1.26 bits per heavy atom. The number of nitrogens with zero attached hydrogens (tertiary/aromatic N) is 2. The Morgan fingerprint density at radius 3 is 2.81 bits per heavy atom. The molecule has 0 bridgehead atoms. The van der Waals surface area contributed by atoms with E-state index in [2.05, 4.69) is 23.0 Å². The topological polar surface area (TPSA) is 54.3 Å². The molecule has 0 aliphatic carbocycles. The summed E-state index contributed by atoms with van der Waals surface area (Å²) in [5, 5.41) is 4.03. The van der Waals surface area contributed by atoms with Gasteiger partial charge in [-0.25, -0.2) is 0 Å². The maximum Gasteiger partial charge on any atom is 0.285 e. The standard InChI is InChI=1S/C19H15N3O2S3/c1-2-21-11-12(13-6-3-4-7-14(13)21)10-16-18(24)22(19(25)27-16)20-17(23)15-8-5-9-26-15/h3-11H,2H2,1H3,(H,20,23). The van der Waals surface area contributed by atoms with Gasteiger partial charge >= 0.3 is 0 Å². The van der Waals surface area contributed by atoms with Crippen LogP contribution in [-0.4, -0.2) is 25.7 Å². The first-order valence-electron chi connectivity index (χ1n) is 8.29. The summed E-state index contributed by atoms with van der Waals surface area (Å²) in [6.45, 7) is 2.92. The SMILES string of the molecule is CCn1cc(C=C2SC(=S)N(NC(=O)c3cccs3)C2=O)c2ccccc21. The highest BCUT2D eigenvalue weighted by Crippen LogP contribution is 2.33. The molecule has 1 saturated heterocycles. The number of hydrazine groups is 1. The van der Waals surface area contributed by atoms with E-state index in [-0.39, 0.29) is 11.8 Å². The lowest BCUT2D eigenvalue weighted by Gasteiger charge is -2.14. The van der Waals surface area contributed by atoms with Gasteiger partial charge in [-0.3, -0.25) is 15.0 Å². The Bertz CT molecular complexity index is 1080. The van der Waals surface area contributed by atoms with E-state index in [1.54, 1.807) is 12.1 Å². The van der Waals surface area contributed by atoms with Crippen molar-refractivity contribution in [2.24, 2.45) is 0 Å². The number of thiocarbonyl (C=S) groups is 1. The summed E-state index contributed by atoms with van der Waals surface area (Å²) in [5.74, 6) is -0.659. The van der Waals surface area contributed by atoms with Gasteiger partial charge in [-0.05, 0) is 42.7 Å². The monoisotopic (exact) mass is 413 g/mol. The van der Waals surface area contributed by atoms with E-state index in [1.165, 1.54) is 23.1 Å². The molecule has 2 amide bonds. The fourth-order valence-electron chi connectivity index (χ4n) is 2.92. The van der Waals surface area contributed by atoms with Gasteiger partial charge in [0.05, 0.1) is 9.78 Å². The molecule has 5 nitrogen and oxygen atoms in total. The number of amides is 2. The number of carbonyl (C=O) groups is 2. The summed E-state index contributed by atoms with van der Waals surface area (Å²) >= 11 is 7.79. The molecule has 1 N–H and O–H groups in total. The van der Waals surface area contributed by atoms with Gasteiger partial charge in [-0.15, -0.1) is 11.3 Å². The smallest absolute Gasteiger partial charge is 0.285 e. The number of thiophene rings is 1. The molecule has 136 valence electrons. The van der Waals surface area contributed by atoms with Crippen LogP contribution in [0.3, 0.4) is 0 Å². The van der Waals surface area contributed by atoms with Gasteiger partial charge in [0.25, 0.3) is 11.8 Å². The van der Waals surface area contributed by atoms with Crippen LogP contribution in [0.2, 0.25) is 0 Å². The highest BCUT2D eigenvalue weighted by atomic mass is 32.2. The fourth-order valence-corrected chi connectivity index (χ4v) is 4.71. The number of hydrogen-bond donors (Lipinski definition) is 1. The van der Waals surface area contributed by atoms with Crippen molar-refractivity contribution in [3.63, 3.8) is 0 Å². The number of thioether (sulfide) groups is 1. The van der Waals surface area contributed by atoms with Gasteiger partial charge in [0.1, 0.15) is 0 Å². The van der Waals surface area contributed by atoms with E-state index < -0.39 is 0 Å². The number of aromatic nitrogens is 1. The maximum absolute atomic E-state index is 12.8. The highest BCUT2D eigenvalue weighted by molar-refractivity contribution is 8.26. The Kier molecular flexibility index (Phi) is 4.86. The zero-order valence-corrected chi connectivity index (χ0v) is 16.8. The van der Waals surface area contributed by atoms with Crippen molar-refractivity contribution >= 4 is 68.4 Å². The van der Waals surface area contributed by atoms with E-state index in [0.29, 0.717) is 14.1 Å². The van der Waals surface area contributed by atoms with E-state index >= 15 is 0 Å². The van der Waals surface area contributed by atoms with Gasteiger partial charge in [0.15, 0.2) is 4.32 Å². The second kappa shape index (κ2) is 7.30. The lowest BCUT2D eigenvalue weighted by Crippen LogP contribution is -2.44.